The van der Waals surface area contributed by atoms with Crippen LogP contribution in [0.4, 0.5) is 0 Å². The van der Waals surface area contributed by atoms with Gasteiger partial charge in [0.25, 0.3) is 0 Å². The molecule has 2 heteroatoms. The van der Waals surface area contributed by atoms with Gasteiger partial charge in [-0.3, -0.25) is 0 Å². The van der Waals surface area contributed by atoms with E-state index in [2.05, 4.69) is 51.1 Å². The van der Waals surface area contributed by atoms with Gasteiger partial charge in [-0.25, -0.2) is 4.21 Å². The molecule has 0 aliphatic carbocycles. The Kier molecular flexibility index (Phi) is 8.14. The lowest BCUT2D eigenvalue weighted by molar-refractivity contribution is 0.583. The summed E-state index contributed by atoms with van der Waals surface area (Å²) in [6, 6.07) is 18.6. The Morgan fingerprint density at radius 2 is 1.76 bits per heavy atom. The van der Waals surface area contributed by atoms with Crippen LogP contribution < -0.4 is 0 Å². The van der Waals surface area contributed by atoms with Gasteiger partial charge in [0.2, 0.25) is 0 Å². The van der Waals surface area contributed by atoms with E-state index in [0.717, 1.165) is 29.1 Å². The summed E-state index contributed by atoms with van der Waals surface area (Å²) in [5.41, 5.74) is 2.54. The molecule has 0 aromatic heterocycles. The second kappa shape index (κ2) is 10.4. The summed E-state index contributed by atoms with van der Waals surface area (Å²) in [5.74, 6) is 0.359. The van der Waals surface area contributed by atoms with Crippen LogP contribution in [0.3, 0.4) is 0 Å². The predicted molar refractivity (Wildman–Crippen MR) is 109 cm³/mol. The van der Waals surface area contributed by atoms with E-state index < -0.39 is 10.8 Å². The Bertz CT molecular complexity index is 686. The molecular formula is C23H30OS. The Morgan fingerprint density at radius 3 is 2.40 bits per heavy atom. The van der Waals surface area contributed by atoms with E-state index in [1.165, 1.54) is 24.0 Å². The monoisotopic (exact) mass is 354 g/mol. The zero-order chi connectivity index (χ0) is 18.1. The van der Waals surface area contributed by atoms with E-state index in [1.807, 2.05) is 30.3 Å². The maximum Gasteiger partial charge on any atom is 0.0807 e. The second-order valence-corrected chi connectivity index (χ2v) is 8.24. The van der Waals surface area contributed by atoms with Gasteiger partial charge in [-0.2, -0.15) is 0 Å². The Morgan fingerprint density at radius 1 is 1.08 bits per heavy atom. The van der Waals surface area contributed by atoms with E-state index in [1.54, 1.807) is 0 Å². The number of aryl methyl sites for hydroxylation is 2. The summed E-state index contributed by atoms with van der Waals surface area (Å²) < 4.78 is 13.1. The van der Waals surface area contributed by atoms with Crippen LogP contribution in [0.15, 0.2) is 70.5 Å². The number of hydrogen-bond acceptors (Lipinski definition) is 1. The summed E-state index contributed by atoms with van der Waals surface area (Å²) in [6.45, 7) is 6.49. The van der Waals surface area contributed by atoms with Gasteiger partial charge in [-0.1, -0.05) is 80.8 Å². The molecule has 0 unspecified atom stereocenters. The number of benzene rings is 2. The van der Waals surface area contributed by atoms with Crippen LogP contribution in [0, 0.1) is 12.8 Å². The number of hydrogen-bond donors (Lipinski definition) is 0. The first-order valence-electron chi connectivity index (χ1n) is 9.34. The highest BCUT2D eigenvalue weighted by Gasteiger charge is 2.16. The topological polar surface area (TPSA) is 17.1 Å². The van der Waals surface area contributed by atoms with Gasteiger partial charge >= 0.3 is 0 Å². The van der Waals surface area contributed by atoms with Crippen molar-refractivity contribution in [1.29, 1.82) is 0 Å². The molecule has 0 aliphatic heterocycles. The van der Waals surface area contributed by atoms with Crippen LogP contribution in [0.25, 0.3) is 0 Å². The van der Waals surface area contributed by atoms with Crippen LogP contribution >= 0.6 is 0 Å². The Balaban J connectivity index is 2.15. The standard InChI is InChI=1S/C23H30OS/c1-4-5-10-20(3)23(14-9-13-21-11-7-6-8-12-21)25(24)22-17-15-19(2)16-18-22/h6-8,11-12,14-18,20H,4-5,9-10,13H2,1-3H3/b23-14-/t20-,25+/m1/s1. The van der Waals surface area contributed by atoms with Crippen LogP contribution in [0.5, 0.6) is 0 Å². The van der Waals surface area contributed by atoms with E-state index in [-0.39, 0.29) is 0 Å². The number of allylic oxidation sites excluding steroid dienone is 2. The summed E-state index contributed by atoms with van der Waals surface area (Å²) in [4.78, 5) is 2.01. The van der Waals surface area contributed by atoms with Crippen LogP contribution in [-0.4, -0.2) is 4.21 Å². The van der Waals surface area contributed by atoms with Crippen molar-refractivity contribution in [3.63, 3.8) is 0 Å². The minimum absolute atomic E-state index is 0.359. The molecule has 0 bridgehead atoms. The summed E-state index contributed by atoms with van der Waals surface area (Å²) >= 11 is 0. The molecule has 0 radical (unpaired) electrons. The van der Waals surface area contributed by atoms with E-state index in [0.29, 0.717) is 5.92 Å². The zero-order valence-corrected chi connectivity index (χ0v) is 16.5. The van der Waals surface area contributed by atoms with Gasteiger partial charge in [-0.15, -0.1) is 0 Å². The quantitative estimate of drug-likeness (QED) is 0.506. The first kappa shape index (κ1) is 19.7. The molecule has 0 N–H and O–H groups in total. The molecular weight excluding hydrogens is 324 g/mol. The summed E-state index contributed by atoms with van der Waals surface area (Å²) in [6.07, 6.45) is 7.62. The van der Waals surface area contributed by atoms with Gasteiger partial charge in [0.1, 0.15) is 0 Å². The largest absolute Gasteiger partial charge is 0.249 e. The lowest BCUT2D eigenvalue weighted by Gasteiger charge is -2.16. The van der Waals surface area contributed by atoms with Gasteiger partial charge in [0.05, 0.1) is 10.8 Å². The van der Waals surface area contributed by atoms with Gasteiger partial charge < -0.3 is 0 Å². The van der Waals surface area contributed by atoms with Crippen LogP contribution in [0.2, 0.25) is 0 Å². The molecule has 1 nitrogen and oxygen atoms in total. The van der Waals surface area contributed by atoms with Crippen molar-refractivity contribution in [2.24, 2.45) is 5.92 Å². The molecule has 2 aromatic rings. The average Bonchev–Trinajstić information content (AvgIpc) is 2.64. The highest BCUT2D eigenvalue weighted by Crippen LogP contribution is 2.26. The Labute approximate surface area is 155 Å². The molecule has 2 aromatic carbocycles. The third kappa shape index (κ3) is 6.28. The average molecular weight is 355 g/mol. The molecule has 0 saturated heterocycles. The molecule has 134 valence electrons. The SMILES string of the molecule is CCCC[C@@H](C)/C(=C/CCc1ccccc1)[S@@](=O)c1ccc(C)cc1. The number of unbranched alkanes of at least 4 members (excludes halogenated alkanes) is 1. The summed E-state index contributed by atoms with van der Waals surface area (Å²) in [5, 5.41) is 0. The van der Waals surface area contributed by atoms with Crippen molar-refractivity contribution >= 4 is 10.8 Å². The molecule has 0 amide bonds. The van der Waals surface area contributed by atoms with E-state index >= 15 is 0 Å². The molecule has 0 saturated carbocycles. The van der Waals surface area contributed by atoms with Crippen molar-refractivity contribution in [2.75, 3.05) is 0 Å². The van der Waals surface area contributed by atoms with Crippen LogP contribution in [0.1, 0.15) is 50.7 Å². The third-order valence-corrected chi connectivity index (χ3v) is 6.24. The molecule has 25 heavy (non-hydrogen) atoms. The molecule has 0 heterocycles. The van der Waals surface area contributed by atoms with Crippen molar-refractivity contribution in [2.45, 2.75) is 57.8 Å². The van der Waals surface area contributed by atoms with E-state index in [4.69, 9.17) is 0 Å². The highest BCUT2D eigenvalue weighted by molar-refractivity contribution is 7.89. The van der Waals surface area contributed by atoms with Crippen molar-refractivity contribution < 1.29 is 4.21 Å². The Hall–Kier alpha value is -1.67. The fourth-order valence-corrected chi connectivity index (χ4v) is 4.34. The highest BCUT2D eigenvalue weighted by atomic mass is 32.2. The lowest BCUT2D eigenvalue weighted by atomic mass is 10.0. The molecule has 0 aliphatic rings. The number of rotatable bonds is 9. The minimum atomic E-state index is -1.06. The lowest BCUT2D eigenvalue weighted by Crippen LogP contribution is -2.07. The second-order valence-electron chi connectivity index (χ2n) is 6.76. The van der Waals surface area contributed by atoms with E-state index in [9.17, 15) is 4.21 Å². The van der Waals surface area contributed by atoms with Gasteiger partial charge in [-0.05, 0) is 49.8 Å². The maximum atomic E-state index is 13.1. The maximum absolute atomic E-state index is 13.1. The smallest absolute Gasteiger partial charge is 0.0807 e. The van der Waals surface area contributed by atoms with Crippen molar-refractivity contribution in [1.82, 2.24) is 0 Å². The zero-order valence-electron chi connectivity index (χ0n) is 15.7. The van der Waals surface area contributed by atoms with Crippen LogP contribution in [-0.2, 0) is 17.2 Å². The minimum Gasteiger partial charge on any atom is -0.249 e. The fraction of sp³-hybridized carbons (Fsp3) is 0.391. The molecule has 2 atom stereocenters. The van der Waals surface area contributed by atoms with Crippen molar-refractivity contribution in [3.05, 3.63) is 76.7 Å². The van der Waals surface area contributed by atoms with Gasteiger partial charge in [0.15, 0.2) is 0 Å². The van der Waals surface area contributed by atoms with Crippen molar-refractivity contribution in [3.8, 4) is 0 Å². The van der Waals surface area contributed by atoms with Gasteiger partial charge in [0, 0.05) is 9.80 Å². The summed E-state index contributed by atoms with van der Waals surface area (Å²) in [7, 11) is -1.06. The first-order chi connectivity index (χ1) is 12.1. The predicted octanol–water partition coefficient (Wildman–Crippen LogP) is 6.45. The molecule has 0 fully saturated rings. The molecule has 0 spiro atoms. The third-order valence-electron chi connectivity index (χ3n) is 4.55. The molecule has 2 rings (SSSR count). The normalized spacial score (nSPS) is 14.3. The fourth-order valence-electron chi connectivity index (χ4n) is 2.94. The first-order valence-corrected chi connectivity index (χ1v) is 10.5.